The second kappa shape index (κ2) is 7.13. The first-order valence-corrected chi connectivity index (χ1v) is 8.28. The second-order valence-electron chi connectivity index (χ2n) is 5.94. The van der Waals surface area contributed by atoms with Gasteiger partial charge >= 0.3 is 0 Å². The molecule has 3 rings (SSSR count). The van der Waals surface area contributed by atoms with Gasteiger partial charge in [0.05, 0.1) is 11.6 Å². The number of rotatable bonds is 5. The molecule has 0 atom stereocenters. The van der Waals surface area contributed by atoms with E-state index in [0.29, 0.717) is 16.5 Å². The molecule has 1 aliphatic heterocycles. The largest absolute Gasteiger partial charge is 0.454 e. The van der Waals surface area contributed by atoms with Crippen molar-refractivity contribution in [3.63, 3.8) is 0 Å². The van der Waals surface area contributed by atoms with Crippen molar-refractivity contribution in [1.29, 1.82) is 0 Å². The summed E-state index contributed by atoms with van der Waals surface area (Å²) in [6, 6.07) is 3.54. The Balaban J connectivity index is 1.75. The van der Waals surface area contributed by atoms with Gasteiger partial charge in [-0.05, 0) is 36.6 Å². The van der Waals surface area contributed by atoms with Crippen LogP contribution < -0.4 is 15.2 Å². The monoisotopic (exact) mass is 350 g/mol. The highest BCUT2D eigenvalue weighted by Gasteiger charge is 2.26. The van der Waals surface area contributed by atoms with Crippen LogP contribution in [0.1, 0.15) is 31.2 Å². The van der Waals surface area contributed by atoms with Gasteiger partial charge in [0.1, 0.15) is 0 Å². The average molecular weight is 351 g/mol. The molecule has 0 spiro atoms. The fourth-order valence-corrected chi connectivity index (χ4v) is 3.39. The number of halogens is 1. The van der Waals surface area contributed by atoms with E-state index in [-0.39, 0.29) is 25.3 Å². The fourth-order valence-electron chi connectivity index (χ4n) is 3.12. The van der Waals surface area contributed by atoms with E-state index in [0.717, 1.165) is 31.2 Å². The van der Waals surface area contributed by atoms with Crippen molar-refractivity contribution in [2.24, 2.45) is 5.73 Å². The minimum Gasteiger partial charge on any atom is -0.454 e. The van der Waals surface area contributed by atoms with Crippen molar-refractivity contribution in [2.75, 3.05) is 13.3 Å². The number of primary amides is 1. The Bertz CT molecular complexity index is 683. The highest BCUT2D eigenvalue weighted by molar-refractivity contribution is 6.32. The molecular weight excluding hydrogens is 332 g/mol. The van der Waals surface area contributed by atoms with Crippen molar-refractivity contribution < 1.29 is 19.1 Å². The van der Waals surface area contributed by atoms with Crippen LogP contribution in [0, 0.1) is 0 Å². The van der Waals surface area contributed by atoms with Crippen LogP contribution in [0.5, 0.6) is 11.5 Å². The molecule has 7 heteroatoms. The van der Waals surface area contributed by atoms with Crippen LogP contribution in [0.15, 0.2) is 18.2 Å². The summed E-state index contributed by atoms with van der Waals surface area (Å²) in [6.45, 7) is 0.0744. The lowest BCUT2D eigenvalue weighted by molar-refractivity contribution is -0.133. The smallest absolute Gasteiger partial charge is 0.247 e. The van der Waals surface area contributed by atoms with E-state index < -0.39 is 5.91 Å². The number of amides is 2. The predicted molar refractivity (Wildman–Crippen MR) is 89.8 cm³/mol. The molecule has 2 amide bonds. The molecule has 6 nitrogen and oxygen atoms in total. The predicted octanol–water partition coefficient (Wildman–Crippen LogP) is 2.34. The number of nitrogens with zero attached hydrogens (tertiary/aromatic N) is 1. The maximum absolute atomic E-state index is 12.5. The van der Waals surface area contributed by atoms with Gasteiger partial charge in [-0.2, -0.15) is 0 Å². The Kier molecular flexibility index (Phi) is 4.94. The van der Waals surface area contributed by atoms with E-state index in [1.54, 1.807) is 23.1 Å². The summed E-state index contributed by atoms with van der Waals surface area (Å²) >= 11 is 6.13. The Morgan fingerprint density at radius 3 is 2.75 bits per heavy atom. The third-order valence-corrected chi connectivity index (χ3v) is 4.52. The number of benzene rings is 1. The molecule has 2 N–H and O–H groups in total. The first kappa shape index (κ1) is 16.6. The van der Waals surface area contributed by atoms with Gasteiger partial charge < -0.3 is 20.1 Å². The van der Waals surface area contributed by atoms with Gasteiger partial charge in [-0.3, -0.25) is 9.59 Å². The summed E-state index contributed by atoms with van der Waals surface area (Å²) in [5, 5.41) is 0.432. The molecule has 2 aliphatic rings. The lowest BCUT2D eigenvalue weighted by Gasteiger charge is -2.26. The SMILES string of the molecule is NC(=O)CN(C(=O)C=Cc1cc(Cl)c2c(c1)OCO2)C1CCCC1. The first-order valence-electron chi connectivity index (χ1n) is 7.90. The highest BCUT2D eigenvalue weighted by Crippen LogP contribution is 2.40. The molecule has 1 aromatic carbocycles. The number of hydrogen-bond acceptors (Lipinski definition) is 4. The van der Waals surface area contributed by atoms with E-state index in [1.165, 1.54) is 6.08 Å². The van der Waals surface area contributed by atoms with E-state index in [1.807, 2.05) is 0 Å². The molecule has 1 aromatic rings. The Morgan fingerprint density at radius 2 is 2.04 bits per heavy atom. The zero-order chi connectivity index (χ0) is 17.1. The quantitative estimate of drug-likeness (QED) is 0.826. The van der Waals surface area contributed by atoms with Crippen LogP contribution in [0.2, 0.25) is 5.02 Å². The third-order valence-electron chi connectivity index (χ3n) is 4.24. The normalized spacial score (nSPS) is 16.7. The molecule has 0 unspecified atom stereocenters. The molecule has 0 saturated heterocycles. The van der Waals surface area contributed by atoms with Gasteiger partial charge in [0, 0.05) is 12.1 Å². The number of ether oxygens (including phenoxy) is 2. The first-order chi connectivity index (χ1) is 11.5. The summed E-state index contributed by atoms with van der Waals surface area (Å²) in [4.78, 5) is 25.3. The maximum atomic E-state index is 12.5. The Labute approximate surface area is 145 Å². The summed E-state index contributed by atoms with van der Waals surface area (Å²) in [7, 11) is 0. The fraction of sp³-hybridized carbons (Fsp3) is 0.412. The van der Waals surface area contributed by atoms with Crippen molar-refractivity contribution in [3.8, 4) is 11.5 Å². The van der Waals surface area contributed by atoms with Gasteiger partial charge in [-0.15, -0.1) is 0 Å². The minimum atomic E-state index is -0.505. The standard InChI is InChI=1S/C17H19ClN2O4/c18-13-7-11(8-14-17(13)24-10-23-14)5-6-16(22)20(9-15(19)21)12-3-1-2-4-12/h5-8,12H,1-4,9-10H2,(H2,19,21). The molecule has 1 saturated carbocycles. The molecule has 128 valence electrons. The third kappa shape index (κ3) is 3.64. The van der Waals surface area contributed by atoms with Gasteiger partial charge in [-0.1, -0.05) is 24.4 Å². The summed E-state index contributed by atoms with van der Waals surface area (Å²) in [5.74, 6) is 0.338. The van der Waals surface area contributed by atoms with Crippen molar-refractivity contribution >= 4 is 29.5 Å². The van der Waals surface area contributed by atoms with Crippen LogP contribution in [0.25, 0.3) is 6.08 Å². The maximum Gasteiger partial charge on any atom is 0.247 e. The lowest BCUT2D eigenvalue weighted by Crippen LogP contribution is -2.43. The molecule has 1 aliphatic carbocycles. The molecule has 0 aromatic heterocycles. The van der Waals surface area contributed by atoms with Gasteiger partial charge in [0.15, 0.2) is 11.5 Å². The molecule has 1 fully saturated rings. The summed E-state index contributed by atoms with van der Waals surface area (Å²) < 4.78 is 10.6. The van der Waals surface area contributed by atoms with Crippen LogP contribution in [0.3, 0.4) is 0 Å². The van der Waals surface area contributed by atoms with E-state index in [2.05, 4.69) is 0 Å². The molecule has 0 radical (unpaired) electrons. The van der Waals surface area contributed by atoms with Crippen molar-refractivity contribution in [1.82, 2.24) is 4.90 Å². The highest BCUT2D eigenvalue weighted by atomic mass is 35.5. The summed E-state index contributed by atoms with van der Waals surface area (Å²) in [6.07, 6.45) is 7.03. The van der Waals surface area contributed by atoms with Crippen LogP contribution >= 0.6 is 11.6 Å². The number of fused-ring (bicyclic) bond motifs is 1. The van der Waals surface area contributed by atoms with Crippen LogP contribution in [0.4, 0.5) is 0 Å². The van der Waals surface area contributed by atoms with E-state index in [4.69, 9.17) is 26.8 Å². The van der Waals surface area contributed by atoms with Gasteiger partial charge in [0.2, 0.25) is 18.6 Å². The number of hydrogen-bond donors (Lipinski definition) is 1. The average Bonchev–Trinajstić information content (AvgIpc) is 3.21. The van der Waals surface area contributed by atoms with E-state index in [9.17, 15) is 9.59 Å². The number of carbonyl (C=O) groups is 2. The summed E-state index contributed by atoms with van der Waals surface area (Å²) in [5.41, 5.74) is 6.01. The second-order valence-corrected chi connectivity index (χ2v) is 6.35. The van der Waals surface area contributed by atoms with E-state index >= 15 is 0 Å². The molecule has 0 bridgehead atoms. The van der Waals surface area contributed by atoms with Crippen LogP contribution in [-0.4, -0.2) is 36.1 Å². The minimum absolute atomic E-state index is 0.0598. The topological polar surface area (TPSA) is 81.9 Å². The zero-order valence-electron chi connectivity index (χ0n) is 13.2. The van der Waals surface area contributed by atoms with Gasteiger partial charge in [0.25, 0.3) is 0 Å². The van der Waals surface area contributed by atoms with Crippen molar-refractivity contribution in [3.05, 3.63) is 28.8 Å². The Hall–Kier alpha value is -2.21. The zero-order valence-corrected chi connectivity index (χ0v) is 13.9. The molecule has 1 heterocycles. The number of nitrogens with two attached hydrogens (primary N) is 1. The lowest BCUT2D eigenvalue weighted by atomic mass is 10.1. The molecule has 24 heavy (non-hydrogen) atoms. The van der Waals surface area contributed by atoms with Crippen molar-refractivity contribution in [2.45, 2.75) is 31.7 Å². The molecular formula is C17H19ClN2O4. The Morgan fingerprint density at radius 1 is 1.29 bits per heavy atom. The van der Waals surface area contributed by atoms with Crippen LogP contribution in [-0.2, 0) is 9.59 Å². The van der Waals surface area contributed by atoms with Gasteiger partial charge in [-0.25, -0.2) is 0 Å². The number of carbonyl (C=O) groups excluding carboxylic acids is 2.